The standard InChI is InChI=1S/C20H23NO5S/c1-13(2)9-14(10-20(22)23)12-21(27(24)25)15-7-8-19-17(11-15)16-5-3-4-6-18(16)26-19/h3-8,11,13-14H,9-10,12H2,1-2H3,(H,22,23)(H,24,25). The van der Waals surface area contributed by atoms with Gasteiger partial charge in [0.25, 0.3) is 11.3 Å². The van der Waals surface area contributed by atoms with Gasteiger partial charge in [0.15, 0.2) is 0 Å². The van der Waals surface area contributed by atoms with Gasteiger partial charge in [0.2, 0.25) is 0 Å². The number of hydrogen-bond acceptors (Lipinski definition) is 3. The average Bonchev–Trinajstić information content (AvgIpc) is 2.96. The third kappa shape index (κ3) is 4.48. The topological polar surface area (TPSA) is 91.0 Å². The van der Waals surface area contributed by atoms with Crippen molar-refractivity contribution in [2.75, 3.05) is 10.8 Å². The highest BCUT2D eigenvalue weighted by molar-refractivity contribution is 7.80. The molecule has 0 radical (unpaired) electrons. The molecule has 7 heteroatoms. The Kier molecular flexibility index (Phi) is 5.82. The van der Waals surface area contributed by atoms with E-state index < -0.39 is 17.2 Å². The summed E-state index contributed by atoms with van der Waals surface area (Å²) in [7, 11) is 0. The number of rotatable bonds is 8. The number of para-hydroxylation sites is 1. The number of fused-ring (bicyclic) bond motifs is 3. The molecule has 0 bridgehead atoms. The molecule has 0 saturated carbocycles. The lowest BCUT2D eigenvalue weighted by molar-refractivity contribution is -0.138. The van der Waals surface area contributed by atoms with Gasteiger partial charge in [-0.25, -0.2) is 4.21 Å². The summed E-state index contributed by atoms with van der Waals surface area (Å²) in [5.74, 6) is -0.834. The number of carboxylic acid groups (broad SMARTS) is 1. The zero-order valence-electron chi connectivity index (χ0n) is 15.3. The number of anilines is 1. The summed E-state index contributed by atoms with van der Waals surface area (Å²) in [6.07, 6.45) is 0.625. The van der Waals surface area contributed by atoms with Crippen molar-refractivity contribution in [3.63, 3.8) is 0 Å². The first kappa shape index (κ1) is 19.4. The molecule has 1 aromatic heterocycles. The number of hydrogen-bond donors (Lipinski definition) is 2. The molecule has 3 aromatic rings. The van der Waals surface area contributed by atoms with Crippen molar-refractivity contribution >= 4 is 44.9 Å². The van der Waals surface area contributed by atoms with Crippen molar-refractivity contribution in [3.8, 4) is 0 Å². The maximum absolute atomic E-state index is 12.0. The molecule has 0 spiro atoms. The van der Waals surface area contributed by atoms with E-state index in [1.807, 2.05) is 44.2 Å². The highest BCUT2D eigenvalue weighted by Crippen LogP contribution is 2.32. The quantitative estimate of drug-likeness (QED) is 0.547. The van der Waals surface area contributed by atoms with Gasteiger partial charge in [0.1, 0.15) is 11.2 Å². The SMILES string of the molecule is CC(C)CC(CC(=O)O)CN(c1ccc2oc3ccccc3c2c1)S(=O)O. The molecule has 2 atom stereocenters. The normalized spacial score (nSPS) is 13.9. The first-order valence-electron chi connectivity index (χ1n) is 8.86. The summed E-state index contributed by atoms with van der Waals surface area (Å²) in [5, 5.41) is 11.0. The van der Waals surface area contributed by atoms with Gasteiger partial charge in [-0.1, -0.05) is 32.0 Å². The van der Waals surface area contributed by atoms with Crippen LogP contribution in [0, 0.1) is 11.8 Å². The Morgan fingerprint density at radius 1 is 1.15 bits per heavy atom. The lowest BCUT2D eigenvalue weighted by atomic mass is 9.94. The third-order valence-electron chi connectivity index (χ3n) is 4.53. The predicted molar refractivity (Wildman–Crippen MR) is 107 cm³/mol. The maximum Gasteiger partial charge on any atom is 0.303 e. The van der Waals surface area contributed by atoms with E-state index >= 15 is 0 Å². The molecular formula is C20H23NO5S. The Balaban J connectivity index is 1.97. The Hall–Kier alpha value is -2.38. The van der Waals surface area contributed by atoms with E-state index in [1.54, 1.807) is 12.1 Å². The molecule has 27 heavy (non-hydrogen) atoms. The fourth-order valence-electron chi connectivity index (χ4n) is 3.50. The van der Waals surface area contributed by atoms with Crippen LogP contribution in [0.3, 0.4) is 0 Å². The van der Waals surface area contributed by atoms with Crippen molar-refractivity contribution in [2.45, 2.75) is 26.7 Å². The number of furan rings is 1. The van der Waals surface area contributed by atoms with Gasteiger partial charge in [-0.15, -0.1) is 0 Å². The fraction of sp³-hybridized carbons (Fsp3) is 0.350. The summed E-state index contributed by atoms with van der Waals surface area (Å²) in [6.45, 7) is 4.21. The van der Waals surface area contributed by atoms with E-state index in [0.717, 1.165) is 16.4 Å². The second kappa shape index (κ2) is 8.10. The Labute approximate surface area is 160 Å². The molecule has 3 rings (SSSR count). The Morgan fingerprint density at radius 2 is 1.85 bits per heavy atom. The molecule has 6 nitrogen and oxygen atoms in total. The number of nitrogens with zero attached hydrogens (tertiary/aromatic N) is 1. The van der Waals surface area contributed by atoms with Crippen LogP contribution < -0.4 is 4.31 Å². The second-order valence-corrected chi connectivity index (χ2v) is 8.07. The minimum atomic E-state index is -2.26. The van der Waals surface area contributed by atoms with Crippen molar-refractivity contribution < 1.29 is 23.1 Å². The molecule has 2 N–H and O–H groups in total. The average molecular weight is 389 g/mol. The number of benzene rings is 2. The van der Waals surface area contributed by atoms with E-state index in [0.29, 0.717) is 23.6 Å². The van der Waals surface area contributed by atoms with E-state index in [2.05, 4.69) is 0 Å². The van der Waals surface area contributed by atoms with Gasteiger partial charge < -0.3 is 9.52 Å². The molecule has 144 valence electrons. The van der Waals surface area contributed by atoms with E-state index in [1.165, 1.54) is 4.31 Å². The molecular weight excluding hydrogens is 366 g/mol. The van der Waals surface area contributed by atoms with Gasteiger partial charge in [-0.3, -0.25) is 13.7 Å². The van der Waals surface area contributed by atoms with Gasteiger partial charge in [-0.2, -0.15) is 0 Å². The lowest BCUT2D eigenvalue weighted by Crippen LogP contribution is -2.32. The minimum Gasteiger partial charge on any atom is -0.481 e. The van der Waals surface area contributed by atoms with Crippen LogP contribution in [0.5, 0.6) is 0 Å². The van der Waals surface area contributed by atoms with E-state index in [9.17, 15) is 18.7 Å². The Bertz CT molecular complexity index is 981. The summed E-state index contributed by atoms with van der Waals surface area (Å²) in [6, 6.07) is 13.0. The smallest absolute Gasteiger partial charge is 0.303 e. The molecule has 0 aliphatic heterocycles. The number of carboxylic acids is 1. The highest BCUT2D eigenvalue weighted by atomic mass is 32.2. The minimum absolute atomic E-state index is 0.0389. The van der Waals surface area contributed by atoms with Crippen LogP contribution in [-0.4, -0.2) is 26.4 Å². The van der Waals surface area contributed by atoms with Crippen molar-refractivity contribution in [2.24, 2.45) is 11.8 Å². The zero-order chi connectivity index (χ0) is 19.6. The summed E-state index contributed by atoms with van der Waals surface area (Å²) < 4.78 is 29.0. The van der Waals surface area contributed by atoms with Crippen LogP contribution in [0.1, 0.15) is 26.7 Å². The van der Waals surface area contributed by atoms with Crippen LogP contribution in [-0.2, 0) is 16.1 Å². The van der Waals surface area contributed by atoms with Gasteiger partial charge in [-0.05, 0) is 42.5 Å². The predicted octanol–water partition coefficient (Wildman–Crippen LogP) is 4.67. The molecule has 0 aliphatic rings. The molecule has 2 aromatic carbocycles. The highest BCUT2D eigenvalue weighted by Gasteiger charge is 2.23. The van der Waals surface area contributed by atoms with Crippen molar-refractivity contribution in [1.29, 1.82) is 0 Å². The molecule has 0 aliphatic carbocycles. The van der Waals surface area contributed by atoms with Crippen LogP contribution in [0.2, 0.25) is 0 Å². The largest absolute Gasteiger partial charge is 0.481 e. The maximum atomic E-state index is 12.0. The zero-order valence-corrected chi connectivity index (χ0v) is 16.1. The molecule has 0 fully saturated rings. The summed E-state index contributed by atoms with van der Waals surface area (Å²) in [5.41, 5.74) is 2.02. The summed E-state index contributed by atoms with van der Waals surface area (Å²) in [4.78, 5) is 11.2. The van der Waals surface area contributed by atoms with Crippen LogP contribution >= 0.6 is 0 Å². The third-order valence-corrected chi connectivity index (χ3v) is 5.27. The molecule has 1 heterocycles. The van der Waals surface area contributed by atoms with Gasteiger partial charge in [0.05, 0.1) is 5.69 Å². The number of carbonyl (C=O) groups is 1. The summed E-state index contributed by atoms with van der Waals surface area (Å²) >= 11 is -2.26. The lowest BCUT2D eigenvalue weighted by Gasteiger charge is -2.26. The van der Waals surface area contributed by atoms with Crippen molar-refractivity contribution in [1.82, 2.24) is 0 Å². The van der Waals surface area contributed by atoms with Crippen LogP contribution in [0.4, 0.5) is 5.69 Å². The monoisotopic (exact) mass is 389 g/mol. The molecule has 0 saturated heterocycles. The first-order chi connectivity index (χ1) is 12.8. The van der Waals surface area contributed by atoms with Gasteiger partial charge >= 0.3 is 5.97 Å². The van der Waals surface area contributed by atoms with Crippen LogP contribution in [0.15, 0.2) is 46.9 Å². The second-order valence-electron chi connectivity index (χ2n) is 7.16. The first-order valence-corrected chi connectivity index (χ1v) is 9.93. The van der Waals surface area contributed by atoms with E-state index in [4.69, 9.17) is 4.42 Å². The fourth-order valence-corrected chi connectivity index (χ4v) is 4.13. The number of aliphatic carboxylic acids is 1. The van der Waals surface area contributed by atoms with E-state index in [-0.39, 0.29) is 18.9 Å². The molecule has 2 unspecified atom stereocenters. The Morgan fingerprint density at radius 3 is 2.52 bits per heavy atom. The van der Waals surface area contributed by atoms with Crippen molar-refractivity contribution in [3.05, 3.63) is 42.5 Å². The van der Waals surface area contributed by atoms with Gasteiger partial charge in [0, 0.05) is 23.7 Å². The molecule has 0 amide bonds. The van der Waals surface area contributed by atoms with Crippen LogP contribution in [0.25, 0.3) is 21.9 Å².